The van der Waals surface area contributed by atoms with Crippen LogP contribution in [0.15, 0.2) is 57.4 Å². The number of anilines is 2. The predicted octanol–water partition coefficient (Wildman–Crippen LogP) is 4.29. The summed E-state index contributed by atoms with van der Waals surface area (Å²) in [6.45, 7) is 3.48. The second kappa shape index (κ2) is 9.37. The maximum Gasteiger partial charge on any atom is 0.261 e. The van der Waals surface area contributed by atoms with Gasteiger partial charge in [-0.15, -0.1) is 0 Å². The van der Waals surface area contributed by atoms with Crippen molar-refractivity contribution < 1.29 is 18.7 Å². The summed E-state index contributed by atoms with van der Waals surface area (Å²) in [4.78, 5) is 21.5. The predicted molar refractivity (Wildman–Crippen MR) is 129 cm³/mol. The molecule has 10 heteroatoms. The number of nitrogens with zero attached hydrogens (tertiary/aromatic N) is 3. The summed E-state index contributed by atoms with van der Waals surface area (Å²) >= 11 is 1.21. The lowest BCUT2D eigenvalue weighted by atomic mass is 9.85. The summed E-state index contributed by atoms with van der Waals surface area (Å²) in [7, 11) is 0. The number of carbonyl (C=O) groups excluding carboxylic acids is 1. The van der Waals surface area contributed by atoms with Gasteiger partial charge in [-0.3, -0.25) is 14.8 Å². The first-order valence-corrected chi connectivity index (χ1v) is 11.3. The molecule has 2 heterocycles. The number of carbonyl (C=O) groups is 1. The lowest BCUT2D eigenvalue weighted by molar-refractivity contribution is -0.112. The van der Waals surface area contributed by atoms with Crippen LogP contribution < -0.4 is 10.6 Å². The van der Waals surface area contributed by atoms with Gasteiger partial charge in [0.1, 0.15) is 23.1 Å². The minimum absolute atomic E-state index is 0.204. The normalized spacial score (nSPS) is 19.7. The van der Waals surface area contributed by atoms with Crippen LogP contribution in [-0.4, -0.2) is 34.9 Å². The van der Waals surface area contributed by atoms with Crippen LogP contribution in [0.5, 0.6) is 0 Å². The number of nitrogens with one attached hydrogen (secondary N) is 2. The number of nitriles is 1. The van der Waals surface area contributed by atoms with Crippen LogP contribution in [0.4, 0.5) is 20.2 Å². The van der Waals surface area contributed by atoms with E-state index in [0.29, 0.717) is 22.1 Å². The Balaban J connectivity index is 1.52. The van der Waals surface area contributed by atoms with Gasteiger partial charge in [-0.25, -0.2) is 8.78 Å². The molecule has 0 bridgehead atoms. The molecule has 0 saturated carbocycles. The molecule has 2 aromatic rings. The Hall–Kier alpha value is -3.55. The highest BCUT2D eigenvalue weighted by molar-refractivity contribution is 8.04. The SMILES string of the molecule is CC(C)(C#N)c1cccc(C(O)Nc2cc(NC(=O)C3=CC4N=CC=NC4S3)c(F)cc2F)c1. The van der Waals surface area contributed by atoms with Crippen molar-refractivity contribution >= 4 is 41.5 Å². The number of hydrogen-bond acceptors (Lipinski definition) is 7. The average Bonchev–Trinajstić information content (AvgIpc) is 3.26. The summed E-state index contributed by atoms with van der Waals surface area (Å²) in [6, 6.07) is 10.3. The van der Waals surface area contributed by atoms with E-state index in [-0.39, 0.29) is 22.8 Å². The lowest BCUT2D eigenvalue weighted by Gasteiger charge is -2.20. The maximum atomic E-state index is 14.5. The monoisotopic (exact) mass is 481 g/mol. The van der Waals surface area contributed by atoms with E-state index in [2.05, 4.69) is 26.7 Å². The zero-order valence-electron chi connectivity index (χ0n) is 18.3. The van der Waals surface area contributed by atoms with Gasteiger partial charge in [0.2, 0.25) is 0 Å². The van der Waals surface area contributed by atoms with Crippen molar-refractivity contribution in [3.63, 3.8) is 0 Å². The van der Waals surface area contributed by atoms with Gasteiger partial charge in [-0.05, 0) is 37.6 Å². The van der Waals surface area contributed by atoms with Crippen molar-refractivity contribution in [3.8, 4) is 6.07 Å². The Labute approximate surface area is 199 Å². The maximum absolute atomic E-state index is 14.5. The molecule has 4 rings (SSSR count). The number of halogens is 2. The largest absolute Gasteiger partial charge is 0.369 e. The van der Waals surface area contributed by atoms with Crippen LogP contribution in [0.2, 0.25) is 0 Å². The lowest BCUT2D eigenvalue weighted by Crippen LogP contribution is -2.17. The van der Waals surface area contributed by atoms with E-state index in [1.807, 2.05) is 0 Å². The summed E-state index contributed by atoms with van der Waals surface area (Å²) < 4.78 is 28.9. The van der Waals surface area contributed by atoms with Crippen LogP contribution in [0.3, 0.4) is 0 Å². The van der Waals surface area contributed by atoms with Crippen molar-refractivity contribution in [2.75, 3.05) is 10.6 Å². The number of benzene rings is 2. The Bertz CT molecular complexity index is 1270. The number of aliphatic hydroxyl groups excluding tert-OH is 1. The smallest absolute Gasteiger partial charge is 0.261 e. The standard InChI is InChI=1S/C24H21F2N5O2S/c1-24(2,12-27)14-5-3-4-13(8-14)21(32)30-17-10-18(16(26)9-15(17)25)31-22(33)20-11-19-23(34-20)29-7-6-28-19/h3-11,19,21,23,30,32H,1-2H3,(H,31,33). The highest BCUT2D eigenvalue weighted by Gasteiger charge is 2.32. The molecule has 7 nitrogen and oxygen atoms in total. The highest BCUT2D eigenvalue weighted by Crippen LogP contribution is 2.37. The van der Waals surface area contributed by atoms with Crippen molar-refractivity contribution in [2.45, 2.75) is 36.9 Å². The Morgan fingerprint density at radius 1 is 1.18 bits per heavy atom. The second-order valence-corrected chi connectivity index (χ2v) is 9.46. The third-order valence-electron chi connectivity index (χ3n) is 5.44. The second-order valence-electron chi connectivity index (χ2n) is 8.30. The van der Waals surface area contributed by atoms with Gasteiger partial charge in [-0.1, -0.05) is 30.0 Å². The number of thioether (sulfide) groups is 1. The fourth-order valence-electron chi connectivity index (χ4n) is 3.43. The Kier molecular flexibility index (Phi) is 6.50. The first kappa shape index (κ1) is 23.6. The van der Waals surface area contributed by atoms with Gasteiger partial charge in [-0.2, -0.15) is 5.26 Å². The molecule has 3 N–H and O–H groups in total. The number of aliphatic hydroxyl groups is 1. The molecule has 1 amide bonds. The topological polar surface area (TPSA) is 110 Å². The highest BCUT2D eigenvalue weighted by atomic mass is 32.2. The zero-order chi connectivity index (χ0) is 24.5. The molecule has 0 fully saturated rings. The fraction of sp³-hybridized carbons (Fsp3) is 0.250. The third-order valence-corrected chi connectivity index (χ3v) is 6.66. The molecule has 0 radical (unpaired) electrons. The number of amides is 1. The molecule has 3 unspecified atom stereocenters. The number of fused-ring (bicyclic) bond motifs is 1. The van der Waals surface area contributed by atoms with Gasteiger partial charge >= 0.3 is 0 Å². The summed E-state index contributed by atoms with van der Waals surface area (Å²) in [5.41, 5.74) is -0.159. The molecule has 0 aliphatic carbocycles. The van der Waals surface area contributed by atoms with Crippen LogP contribution in [0.1, 0.15) is 31.2 Å². The molecular weight excluding hydrogens is 460 g/mol. The summed E-state index contributed by atoms with van der Waals surface area (Å²) in [6.07, 6.45) is 3.42. The van der Waals surface area contributed by atoms with Crippen molar-refractivity contribution in [2.24, 2.45) is 9.98 Å². The zero-order valence-corrected chi connectivity index (χ0v) is 19.1. The fourth-order valence-corrected chi connectivity index (χ4v) is 4.49. The molecule has 2 aliphatic heterocycles. The Morgan fingerprint density at radius 2 is 1.91 bits per heavy atom. The van der Waals surface area contributed by atoms with E-state index in [4.69, 9.17) is 0 Å². The number of hydrogen-bond donors (Lipinski definition) is 3. The molecule has 0 spiro atoms. The first-order valence-electron chi connectivity index (χ1n) is 10.4. The van der Waals surface area contributed by atoms with Gasteiger partial charge in [0.05, 0.1) is 27.8 Å². The van der Waals surface area contributed by atoms with E-state index in [1.54, 1.807) is 56.6 Å². The molecule has 0 aromatic heterocycles. The van der Waals surface area contributed by atoms with Gasteiger partial charge in [0, 0.05) is 24.1 Å². The van der Waals surface area contributed by atoms with Crippen LogP contribution >= 0.6 is 11.8 Å². The van der Waals surface area contributed by atoms with Crippen molar-refractivity contribution in [1.29, 1.82) is 5.26 Å². The van der Waals surface area contributed by atoms with E-state index in [1.165, 1.54) is 11.8 Å². The number of aliphatic imine (C=N–C) groups is 2. The Morgan fingerprint density at radius 3 is 2.65 bits per heavy atom. The molecule has 2 aliphatic rings. The minimum Gasteiger partial charge on any atom is -0.369 e. The molecule has 2 aromatic carbocycles. The van der Waals surface area contributed by atoms with Crippen LogP contribution in [0, 0.1) is 23.0 Å². The van der Waals surface area contributed by atoms with Gasteiger partial charge in [0.15, 0.2) is 6.23 Å². The van der Waals surface area contributed by atoms with Crippen molar-refractivity contribution in [1.82, 2.24) is 0 Å². The van der Waals surface area contributed by atoms with E-state index < -0.39 is 29.2 Å². The van der Waals surface area contributed by atoms with Crippen LogP contribution in [0.25, 0.3) is 0 Å². The first-order chi connectivity index (χ1) is 16.2. The number of rotatable bonds is 6. The minimum atomic E-state index is -1.34. The third kappa shape index (κ3) is 4.85. The summed E-state index contributed by atoms with van der Waals surface area (Å²) in [5, 5.41) is 24.8. The molecule has 3 atom stereocenters. The van der Waals surface area contributed by atoms with Crippen molar-refractivity contribution in [3.05, 3.63) is 70.1 Å². The van der Waals surface area contributed by atoms with E-state index in [9.17, 15) is 23.9 Å². The van der Waals surface area contributed by atoms with Gasteiger partial charge < -0.3 is 15.7 Å². The average molecular weight is 482 g/mol. The molecular formula is C24H21F2N5O2S. The van der Waals surface area contributed by atoms with E-state index >= 15 is 0 Å². The van der Waals surface area contributed by atoms with E-state index in [0.717, 1.165) is 6.07 Å². The van der Waals surface area contributed by atoms with Crippen LogP contribution in [-0.2, 0) is 10.2 Å². The summed E-state index contributed by atoms with van der Waals surface area (Å²) in [5.74, 6) is -2.46. The molecule has 34 heavy (non-hydrogen) atoms. The molecule has 174 valence electrons. The van der Waals surface area contributed by atoms with Gasteiger partial charge in [0.25, 0.3) is 5.91 Å². The quantitative estimate of drug-likeness (QED) is 0.534. The molecule has 0 saturated heterocycles.